The van der Waals surface area contributed by atoms with E-state index in [1.54, 1.807) is 12.1 Å². The van der Waals surface area contributed by atoms with Crippen LogP contribution in [0.5, 0.6) is 0 Å². The van der Waals surface area contributed by atoms with Crippen LogP contribution in [-0.4, -0.2) is 72.1 Å². The Morgan fingerprint density at radius 2 is 1.74 bits per heavy atom. The molecule has 2 amide bonds. The summed E-state index contributed by atoms with van der Waals surface area (Å²) in [4.78, 5) is 30.6. The van der Waals surface area contributed by atoms with Gasteiger partial charge in [-0.1, -0.05) is 15.9 Å². The third kappa shape index (κ3) is 3.47. The van der Waals surface area contributed by atoms with E-state index in [9.17, 15) is 9.59 Å². The fourth-order valence-electron chi connectivity index (χ4n) is 3.20. The second-order valence-corrected chi connectivity index (χ2v) is 6.78. The minimum absolute atomic E-state index is 0.132. The summed E-state index contributed by atoms with van der Waals surface area (Å²) in [6, 6.07) is 6.86. The number of benzene rings is 1. The summed E-state index contributed by atoms with van der Waals surface area (Å²) < 4.78 is 0.914. The van der Waals surface area contributed by atoms with E-state index in [0.29, 0.717) is 12.2 Å². The Morgan fingerprint density at radius 1 is 1.09 bits per heavy atom. The van der Waals surface area contributed by atoms with Crippen LogP contribution in [0.2, 0.25) is 0 Å². The molecule has 0 bridgehead atoms. The van der Waals surface area contributed by atoms with Gasteiger partial charge in [-0.2, -0.15) is 0 Å². The van der Waals surface area contributed by atoms with Gasteiger partial charge in [0.25, 0.3) is 5.91 Å². The number of hydrogen-bond acceptors (Lipinski definition) is 5. The number of hydrogen-bond donors (Lipinski definition) is 1. The molecular weight excluding hydrogens is 362 g/mol. The van der Waals surface area contributed by atoms with Crippen LogP contribution in [0.4, 0.5) is 5.69 Å². The maximum Gasteiger partial charge on any atom is 0.251 e. The standard InChI is InChI=1S/C16H20BrN3O3/c17-12-1-3-13(4-2-12)20-15(22)11-14(16(20)23)19-7-5-18(6-8-19)9-10-21/h1-4,14,21H,5-11H2. The molecule has 0 radical (unpaired) electrons. The molecule has 2 saturated heterocycles. The lowest BCUT2D eigenvalue weighted by atomic mass is 10.1. The number of halogens is 1. The summed E-state index contributed by atoms with van der Waals surface area (Å²) in [7, 11) is 0. The van der Waals surface area contributed by atoms with Crippen molar-refractivity contribution < 1.29 is 14.7 Å². The van der Waals surface area contributed by atoms with E-state index in [1.165, 1.54) is 4.90 Å². The number of imide groups is 1. The molecule has 1 aromatic rings. The molecule has 7 heteroatoms. The second kappa shape index (κ2) is 7.09. The van der Waals surface area contributed by atoms with Gasteiger partial charge in [-0.25, -0.2) is 4.90 Å². The molecular formula is C16H20BrN3O3. The van der Waals surface area contributed by atoms with Gasteiger partial charge in [0.05, 0.1) is 24.8 Å². The SMILES string of the molecule is O=C1CC(N2CCN(CCO)CC2)C(=O)N1c1ccc(Br)cc1. The van der Waals surface area contributed by atoms with Crippen LogP contribution in [-0.2, 0) is 9.59 Å². The second-order valence-electron chi connectivity index (χ2n) is 5.86. The van der Waals surface area contributed by atoms with Crippen LogP contribution in [0.15, 0.2) is 28.7 Å². The quantitative estimate of drug-likeness (QED) is 0.777. The Morgan fingerprint density at radius 3 is 2.35 bits per heavy atom. The van der Waals surface area contributed by atoms with Gasteiger partial charge < -0.3 is 5.11 Å². The predicted octanol–water partition coefficient (Wildman–Crippen LogP) is 0.691. The molecule has 2 aliphatic heterocycles. The maximum atomic E-state index is 12.7. The van der Waals surface area contributed by atoms with Gasteiger partial charge in [0.1, 0.15) is 0 Å². The average Bonchev–Trinajstić information content (AvgIpc) is 2.84. The number of rotatable bonds is 4. The first-order valence-electron chi connectivity index (χ1n) is 7.80. The van der Waals surface area contributed by atoms with E-state index < -0.39 is 0 Å². The third-order valence-corrected chi connectivity index (χ3v) is 5.00. The van der Waals surface area contributed by atoms with Crippen molar-refractivity contribution in [1.29, 1.82) is 0 Å². The number of carbonyl (C=O) groups is 2. The molecule has 2 aliphatic rings. The predicted molar refractivity (Wildman–Crippen MR) is 90.1 cm³/mol. The summed E-state index contributed by atoms with van der Waals surface area (Å²) in [6.07, 6.45) is 0.245. The van der Waals surface area contributed by atoms with E-state index in [4.69, 9.17) is 5.11 Å². The highest BCUT2D eigenvalue weighted by atomic mass is 79.9. The van der Waals surface area contributed by atoms with Crippen LogP contribution in [0, 0.1) is 0 Å². The largest absolute Gasteiger partial charge is 0.395 e. The van der Waals surface area contributed by atoms with Crippen molar-refractivity contribution >= 4 is 33.4 Å². The first kappa shape index (κ1) is 16.6. The Kier molecular flexibility index (Phi) is 5.11. The summed E-state index contributed by atoms with van der Waals surface area (Å²) in [5, 5.41) is 8.99. The Bertz CT molecular complexity index is 585. The number of piperazine rings is 1. The molecule has 1 unspecified atom stereocenters. The number of amides is 2. The van der Waals surface area contributed by atoms with Crippen molar-refractivity contribution in [2.45, 2.75) is 12.5 Å². The number of aliphatic hydroxyl groups excluding tert-OH is 1. The van der Waals surface area contributed by atoms with Gasteiger partial charge in [0, 0.05) is 37.2 Å². The first-order valence-corrected chi connectivity index (χ1v) is 8.59. The summed E-state index contributed by atoms with van der Waals surface area (Å²) >= 11 is 3.36. The zero-order valence-corrected chi connectivity index (χ0v) is 14.4. The minimum atomic E-state index is -0.359. The summed E-state index contributed by atoms with van der Waals surface area (Å²) in [5.41, 5.74) is 0.629. The average molecular weight is 382 g/mol. The van der Waals surface area contributed by atoms with Crippen LogP contribution < -0.4 is 4.90 Å². The van der Waals surface area contributed by atoms with Gasteiger partial charge in [-0.3, -0.25) is 19.4 Å². The number of β-amino-alcohol motifs (C(OH)–C–C–N with tert-alkyl or cyclic N) is 1. The fourth-order valence-corrected chi connectivity index (χ4v) is 3.47. The number of anilines is 1. The Balaban J connectivity index is 1.68. The molecule has 1 atom stereocenters. The van der Waals surface area contributed by atoms with Gasteiger partial charge in [-0.15, -0.1) is 0 Å². The van der Waals surface area contributed by atoms with Crippen molar-refractivity contribution in [1.82, 2.24) is 9.80 Å². The zero-order chi connectivity index (χ0) is 16.4. The number of carbonyl (C=O) groups excluding carboxylic acids is 2. The van der Waals surface area contributed by atoms with Crippen LogP contribution >= 0.6 is 15.9 Å². The Labute approximate surface area is 143 Å². The lowest BCUT2D eigenvalue weighted by Gasteiger charge is -2.36. The van der Waals surface area contributed by atoms with Crippen LogP contribution in [0.3, 0.4) is 0 Å². The summed E-state index contributed by atoms with van der Waals surface area (Å²) in [6.45, 7) is 3.94. The van der Waals surface area contributed by atoms with E-state index >= 15 is 0 Å². The first-order chi connectivity index (χ1) is 11.1. The summed E-state index contributed by atoms with van der Waals surface area (Å²) in [5.74, 6) is -0.270. The normalized spacial score (nSPS) is 23.7. The minimum Gasteiger partial charge on any atom is -0.395 e. The van der Waals surface area contributed by atoms with Gasteiger partial charge in [0.2, 0.25) is 5.91 Å². The van der Waals surface area contributed by atoms with E-state index in [1.807, 2.05) is 12.1 Å². The van der Waals surface area contributed by atoms with Gasteiger partial charge in [-0.05, 0) is 24.3 Å². The zero-order valence-electron chi connectivity index (χ0n) is 12.8. The van der Waals surface area contributed by atoms with Crippen LogP contribution in [0.1, 0.15) is 6.42 Å². The molecule has 3 rings (SSSR count). The fraction of sp³-hybridized carbons (Fsp3) is 0.500. The number of nitrogens with zero attached hydrogens (tertiary/aromatic N) is 3. The molecule has 1 aromatic carbocycles. The molecule has 6 nitrogen and oxygen atoms in total. The molecule has 1 N–H and O–H groups in total. The topological polar surface area (TPSA) is 64.1 Å². The monoisotopic (exact) mass is 381 g/mol. The Hall–Kier alpha value is -1.28. The molecule has 23 heavy (non-hydrogen) atoms. The highest BCUT2D eigenvalue weighted by molar-refractivity contribution is 9.10. The van der Waals surface area contributed by atoms with E-state index in [2.05, 4.69) is 25.7 Å². The van der Waals surface area contributed by atoms with Gasteiger partial charge in [0.15, 0.2) is 0 Å². The smallest absolute Gasteiger partial charge is 0.251 e. The van der Waals surface area contributed by atoms with Crippen molar-refractivity contribution in [2.75, 3.05) is 44.2 Å². The molecule has 2 fully saturated rings. The maximum absolute atomic E-state index is 12.7. The highest BCUT2D eigenvalue weighted by Gasteiger charge is 2.43. The molecule has 2 heterocycles. The van der Waals surface area contributed by atoms with Crippen molar-refractivity contribution in [3.63, 3.8) is 0 Å². The van der Waals surface area contributed by atoms with Gasteiger partial charge >= 0.3 is 0 Å². The van der Waals surface area contributed by atoms with Crippen molar-refractivity contribution in [2.24, 2.45) is 0 Å². The lowest BCUT2D eigenvalue weighted by molar-refractivity contribution is -0.123. The molecule has 0 spiro atoms. The van der Waals surface area contributed by atoms with E-state index in [0.717, 1.165) is 30.7 Å². The van der Waals surface area contributed by atoms with Crippen molar-refractivity contribution in [3.05, 3.63) is 28.7 Å². The molecule has 0 aromatic heterocycles. The number of aliphatic hydroxyl groups is 1. The molecule has 0 aliphatic carbocycles. The molecule has 0 saturated carbocycles. The third-order valence-electron chi connectivity index (χ3n) is 4.47. The van der Waals surface area contributed by atoms with E-state index in [-0.39, 0.29) is 30.9 Å². The van der Waals surface area contributed by atoms with Crippen molar-refractivity contribution in [3.8, 4) is 0 Å². The van der Waals surface area contributed by atoms with Crippen LogP contribution in [0.25, 0.3) is 0 Å². The lowest BCUT2D eigenvalue weighted by Crippen LogP contribution is -2.52. The highest BCUT2D eigenvalue weighted by Crippen LogP contribution is 2.27. The molecule has 124 valence electrons.